The number of esters is 1. The lowest BCUT2D eigenvalue weighted by atomic mass is 10.2. The fourth-order valence-corrected chi connectivity index (χ4v) is 3.20. The van der Waals surface area contributed by atoms with Crippen LogP contribution in [0.5, 0.6) is 0 Å². The van der Waals surface area contributed by atoms with Gasteiger partial charge < -0.3 is 10.1 Å². The Morgan fingerprint density at radius 1 is 1.38 bits per heavy atom. The van der Waals surface area contributed by atoms with E-state index in [1.165, 1.54) is 11.3 Å². The molecular formula is C13H15N3O3S2. The van der Waals surface area contributed by atoms with Crippen molar-refractivity contribution in [1.82, 2.24) is 9.59 Å². The van der Waals surface area contributed by atoms with E-state index in [4.69, 9.17) is 4.74 Å². The minimum atomic E-state index is -0.428. The Bertz CT molecular complexity index is 663. The van der Waals surface area contributed by atoms with E-state index in [0.29, 0.717) is 27.7 Å². The van der Waals surface area contributed by atoms with Crippen LogP contribution in [-0.2, 0) is 11.2 Å². The van der Waals surface area contributed by atoms with Crippen LogP contribution in [0.2, 0.25) is 0 Å². The summed E-state index contributed by atoms with van der Waals surface area (Å²) in [5.41, 5.74) is 0.963. The summed E-state index contributed by atoms with van der Waals surface area (Å²) >= 11 is 2.41. The Balaban J connectivity index is 2.26. The van der Waals surface area contributed by atoms with Crippen LogP contribution in [-0.4, -0.2) is 28.1 Å². The number of ether oxygens (including phenoxy) is 1. The van der Waals surface area contributed by atoms with Crippen LogP contribution in [0, 0.1) is 6.92 Å². The van der Waals surface area contributed by atoms with Gasteiger partial charge in [-0.2, -0.15) is 0 Å². The van der Waals surface area contributed by atoms with E-state index in [9.17, 15) is 9.59 Å². The molecule has 0 spiro atoms. The highest BCUT2D eigenvalue weighted by atomic mass is 32.1. The smallest absolute Gasteiger partial charge is 0.341 e. The van der Waals surface area contributed by atoms with Gasteiger partial charge in [0.2, 0.25) is 0 Å². The summed E-state index contributed by atoms with van der Waals surface area (Å²) in [4.78, 5) is 25.6. The van der Waals surface area contributed by atoms with Gasteiger partial charge in [-0.25, -0.2) is 4.79 Å². The molecule has 0 fully saturated rings. The quantitative estimate of drug-likeness (QED) is 0.855. The van der Waals surface area contributed by atoms with E-state index in [0.717, 1.165) is 22.8 Å². The molecule has 0 radical (unpaired) electrons. The molecule has 2 aromatic heterocycles. The Morgan fingerprint density at radius 2 is 2.14 bits per heavy atom. The van der Waals surface area contributed by atoms with Crippen LogP contribution in [0.3, 0.4) is 0 Å². The average molecular weight is 325 g/mol. The van der Waals surface area contributed by atoms with E-state index >= 15 is 0 Å². The van der Waals surface area contributed by atoms with Crippen molar-refractivity contribution in [2.75, 3.05) is 11.9 Å². The number of nitrogens with zero attached hydrogens (tertiary/aromatic N) is 2. The minimum Gasteiger partial charge on any atom is -0.462 e. The standard InChI is InChI=1S/C13H15N3O3S2/c1-4-8-6-9(13(18)19-5-2)12(20-8)14-11(17)10-7(3)15-16-21-10/h6H,4-5H2,1-3H3,(H,14,17). The van der Waals surface area contributed by atoms with E-state index in [-0.39, 0.29) is 5.91 Å². The molecule has 0 aromatic carbocycles. The summed E-state index contributed by atoms with van der Waals surface area (Å²) in [5.74, 6) is -0.736. The van der Waals surface area contributed by atoms with Gasteiger partial charge in [-0.05, 0) is 37.9 Å². The molecule has 2 aromatic rings. The molecule has 0 aliphatic heterocycles. The Kier molecular flexibility index (Phi) is 5.03. The molecule has 0 unspecified atom stereocenters. The second kappa shape index (κ2) is 6.77. The van der Waals surface area contributed by atoms with Crippen molar-refractivity contribution in [2.45, 2.75) is 27.2 Å². The number of carbonyl (C=O) groups is 2. The molecule has 0 aliphatic carbocycles. The summed E-state index contributed by atoms with van der Waals surface area (Å²) < 4.78 is 8.75. The van der Waals surface area contributed by atoms with Crippen molar-refractivity contribution in [2.24, 2.45) is 0 Å². The summed E-state index contributed by atoms with van der Waals surface area (Å²) in [6, 6.07) is 1.76. The fourth-order valence-electron chi connectivity index (χ4n) is 1.67. The summed E-state index contributed by atoms with van der Waals surface area (Å²) in [6.07, 6.45) is 0.786. The molecule has 0 saturated heterocycles. The van der Waals surface area contributed by atoms with Crippen molar-refractivity contribution in [3.63, 3.8) is 0 Å². The second-order valence-corrected chi connectivity index (χ2v) is 6.06. The van der Waals surface area contributed by atoms with Crippen LogP contribution in [0.25, 0.3) is 0 Å². The summed E-state index contributed by atoms with van der Waals surface area (Å²) in [7, 11) is 0. The van der Waals surface area contributed by atoms with Gasteiger partial charge in [0.05, 0.1) is 17.9 Å². The van der Waals surface area contributed by atoms with Crippen molar-refractivity contribution >= 4 is 39.7 Å². The Labute approximate surface area is 130 Å². The topological polar surface area (TPSA) is 81.2 Å². The number of nitrogens with one attached hydrogen (secondary N) is 1. The second-order valence-electron chi connectivity index (χ2n) is 4.17. The number of hydrogen-bond acceptors (Lipinski definition) is 7. The highest BCUT2D eigenvalue weighted by molar-refractivity contribution is 7.16. The molecule has 0 aliphatic rings. The van der Waals surface area contributed by atoms with Gasteiger partial charge in [0.1, 0.15) is 9.88 Å². The third-order valence-corrected chi connectivity index (χ3v) is 4.73. The van der Waals surface area contributed by atoms with Gasteiger partial charge in [0.15, 0.2) is 0 Å². The maximum Gasteiger partial charge on any atom is 0.341 e. The lowest BCUT2D eigenvalue weighted by Gasteiger charge is -2.04. The molecule has 112 valence electrons. The van der Waals surface area contributed by atoms with Crippen molar-refractivity contribution in [1.29, 1.82) is 0 Å². The van der Waals surface area contributed by atoms with Crippen LogP contribution >= 0.6 is 22.9 Å². The monoisotopic (exact) mass is 325 g/mol. The van der Waals surface area contributed by atoms with Gasteiger partial charge in [-0.3, -0.25) is 4.79 Å². The van der Waals surface area contributed by atoms with E-state index < -0.39 is 5.97 Å². The van der Waals surface area contributed by atoms with Gasteiger partial charge in [0.25, 0.3) is 5.91 Å². The maximum absolute atomic E-state index is 12.2. The average Bonchev–Trinajstić information content (AvgIpc) is 3.05. The Morgan fingerprint density at radius 3 is 2.71 bits per heavy atom. The number of anilines is 1. The van der Waals surface area contributed by atoms with Gasteiger partial charge in [0, 0.05) is 4.88 Å². The number of amides is 1. The van der Waals surface area contributed by atoms with Gasteiger partial charge >= 0.3 is 5.97 Å². The van der Waals surface area contributed by atoms with Gasteiger partial charge in [-0.1, -0.05) is 11.4 Å². The number of thiophene rings is 1. The number of aromatic nitrogens is 2. The van der Waals surface area contributed by atoms with Crippen molar-refractivity contribution < 1.29 is 14.3 Å². The van der Waals surface area contributed by atoms with E-state index in [2.05, 4.69) is 14.9 Å². The zero-order valence-corrected chi connectivity index (χ0v) is 13.6. The molecule has 2 heterocycles. The number of aryl methyl sites for hydroxylation is 2. The van der Waals surface area contributed by atoms with E-state index in [1.807, 2.05) is 6.92 Å². The van der Waals surface area contributed by atoms with Crippen LogP contribution in [0.1, 0.15) is 44.4 Å². The zero-order chi connectivity index (χ0) is 15.4. The normalized spacial score (nSPS) is 10.4. The molecule has 21 heavy (non-hydrogen) atoms. The molecular weight excluding hydrogens is 310 g/mol. The first-order chi connectivity index (χ1) is 10.1. The largest absolute Gasteiger partial charge is 0.462 e. The molecule has 1 amide bonds. The van der Waals surface area contributed by atoms with Crippen molar-refractivity contribution in [3.05, 3.63) is 27.1 Å². The Hall–Kier alpha value is -1.80. The molecule has 0 bridgehead atoms. The molecule has 0 atom stereocenters. The van der Waals surface area contributed by atoms with Crippen molar-refractivity contribution in [3.8, 4) is 0 Å². The SMILES string of the molecule is CCOC(=O)c1cc(CC)sc1NC(=O)c1snnc1C. The number of rotatable bonds is 5. The molecule has 1 N–H and O–H groups in total. The van der Waals surface area contributed by atoms with Crippen LogP contribution in [0.4, 0.5) is 5.00 Å². The van der Waals surface area contributed by atoms with Gasteiger partial charge in [-0.15, -0.1) is 16.4 Å². The first kappa shape index (κ1) is 15.6. The molecule has 8 heteroatoms. The fraction of sp³-hybridized carbons (Fsp3) is 0.385. The highest BCUT2D eigenvalue weighted by Crippen LogP contribution is 2.30. The molecule has 6 nitrogen and oxygen atoms in total. The molecule has 2 rings (SSSR count). The molecule has 0 saturated carbocycles. The summed E-state index contributed by atoms with van der Waals surface area (Å²) in [6.45, 7) is 5.75. The minimum absolute atomic E-state index is 0.293. The van der Waals surface area contributed by atoms with E-state index in [1.54, 1.807) is 19.9 Å². The lowest BCUT2D eigenvalue weighted by molar-refractivity contribution is 0.0528. The van der Waals surface area contributed by atoms with Crippen LogP contribution < -0.4 is 5.32 Å². The first-order valence-corrected chi connectivity index (χ1v) is 8.05. The summed E-state index contributed by atoms with van der Waals surface area (Å²) in [5, 5.41) is 7.07. The third-order valence-electron chi connectivity index (χ3n) is 2.71. The lowest BCUT2D eigenvalue weighted by Crippen LogP contribution is -2.14. The predicted octanol–water partition coefficient (Wildman–Crippen LogP) is 2.90. The van der Waals surface area contributed by atoms with Crippen LogP contribution in [0.15, 0.2) is 6.07 Å². The number of hydrogen-bond donors (Lipinski definition) is 1. The maximum atomic E-state index is 12.2. The third kappa shape index (κ3) is 3.45. The number of carbonyl (C=O) groups excluding carboxylic acids is 2. The highest BCUT2D eigenvalue weighted by Gasteiger charge is 2.21. The predicted molar refractivity (Wildman–Crippen MR) is 82.3 cm³/mol. The zero-order valence-electron chi connectivity index (χ0n) is 11.9. The first-order valence-electron chi connectivity index (χ1n) is 6.46.